The standard InChI is InChI=1S/C24H29N3O5S/c1-17(2)22-23(28)27(15-18-8-9-20-21(14-18)32-16-31-20)24(25-22)10-12-26(13-11-24)33(29,30)19-6-4-3-5-7-19/h3-9,14,17,22,25H,10-13,15-16H2,1-2H3. The van der Waals surface area contributed by atoms with Crippen molar-refractivity contribution in [3.63, 3.8) is 0 Å². The second kappa shape index (κ2) is 8.30. The summed E-state index contributed by atoms with van der Waals surface area (Å²) in [6.45, 7) is 5.38. The number of sulfonamides is 1. The zero-order valence-corrected chi connectivity index (χ0v) is 19.7. The Kier molecular flexibility index (Phi) is 5.58. The molecule has 9 heteroatoms. The van der Waals surface area contributed by atoms with Gasteiger partial charge in [-0.25, -0.2) is 8.42 Å². The van der Waals surface area contributed by atoms with E-state index in [-0.39, 0.29) is 24.7 Å². The van der Waals surface area contributed by atoms with Crippen molar-refractivity contribution >= 4 is 15.9 Å². The molecular weight excluding hydrogens is 442 g/mol. The molecule has 1 spiro atoms. The molecule has 33 heavy (non-hydrogen) atoms. The molecule has 2 saturated heterocycles. The lowest BCUT2D eigenvalue weighted by Crippen LogP contribution is -2.59. The summed E-state index contributed by atoms with van der Waals surface area (Å²) in [5, 5.41) is 3.59. The molecule has 1 N–H and O–H groups in total. The first kappa shape index (κ1) is 22.2. The van der Waals surface area contributed by atoms with Gasteiger partial charge < -0.3 is 14.4 Å². The lowest BCUT2D eigenvalue weighted by atomic mass is 9.96. The molecule has 1 amide bonds. The van der Waals surface area contributed by atoms with Gasteiger partial charge in [0, 0.05) is 19.6 Å². The second-order valence-corrected chi connectivity index (χ2v) is 11.2. The molecule has 8 nitrogen and oxygen atoms in total. The lowest BCUT2D eigenvalue weighted by molar-refractivity contribution is -0.134. The van der Waals surface area contributed by atoms with Crippen LogP contribution < -0.4 is 14.8 Å². The van der Waals surface area contributed by atoms with Crippen LogP contribution in [-0.4, -0.2) is 55.1 Å². The highest BCUT2D eigenvalue weighted by molar-refractivity contribution is 7.89. The van der Waals surface area contributed by atoms with Crippen LogP contribution in [0.2, 0.25) is 0 Å². The summed E-state index contributed by atoms with van der Waals surface area (Å²) >= 11 is 0. The molecule has 3 aliphatic rings. The summed E-state index contributed by atoms with van der Waals surface area (Å²) in [7, 11) is -3.56. The Hall–Kier alpha value is -2.62. The Morgan fingerprint density at radius 2 is 1.76 bits per heavy atom. The zero-order chi connectivity index (χ0) is 23.2. The second-order valence-electron chi connectivity index (χ2n) is 9.23. The third-order valence-electron chi connectivity index (χ3n) is 6.85. The van der Waals surface area contributed by atoms with E-state index in [1.807, 2.05) is 36.9 Å². The Morgan fingerprint density at radius 1 is 1.06 bits per heavy atom. The van der Waals surface area contributed by atoms with E-state index < -0.39 is 15.7 Å². The van der Waals surface area contributed by atoms with Crippen molar-refractivity contribution in [3.05, 3.63) is 54.1 Å². The molecule has 3 heterocycles. The molecule has 1 unspecified atom stereocenters. The van der Waals surface area contributed by atoms with Crippen LogP contribution in [0.3, 0.4) is 0 Å². The van der Waals surface area contributed by atoms with Gasteiger partial charge in [0.2, 0.25) is 22.7 Å². The molecule has 0 aromatic heterocycles. The Bertz CT molecular complexity index is 1140. The number of hydrogen-bond donors (Lipinski definition) is 1. The third-order valence-corrected chi connectivity index (χ3v) is 8.76. The minimum Gasteiger partial charge on any atom is -0.454 e. The van der Waals surface area contributed by atoms with Crippen molar-refractivity contribution in [3.8, 4) is 11.5 Å². The van der Waals surface area contributed by atoms with Gasteiger partial charge in [0.05, 0.1) is 16.6 Å². The quantitative estimate of drug-likeness (QED) is 0.721. The summed E-state index contributed by atoms with van der Waals surface area (Å²) in [6, 6.07) is 14.0. The number of carbonyl (C=O) groups excluding carboxylic acids is 1. The summed E-state index contributed by atoms with van der Waals surface area (Å²) < 4.78 is 38.7. The van der Waals surface area contributed by atoms with Crippen LogP contribution in [0.1, 0.15) is 32.3 Å². The highest BCUT2D eigenvalue weighted by Gasteiger charge is 2.53. The van der Waals surface area contributed by atoms with E-state index in [9.17, 15) is 13.2 Å². The molecule has 2 aromatic rings. The average molecular weight is 472 g/mol. The largest absolute Gasteiger partial charge is 0.454 e. The summed E-state index contributed by atoms with van der Waals surface area (Å²) in [4.78, 5) is 15.6. The average Bonchev–Trinajstić information content (AvgIpc) is 3.38. The molecule has 0 aliphatic carbocycles. The fourth-order valence-corrected chi connectivity index (χ4v) is 6.43. The first-order valence-electron chi connectivity index (χ1n) is 11.3. The summed E-state index contributed by atoms with van der Waals surface area (Å²) in [6.07, 6.45) is 1.05. The first-order chi connectivity index (χ1) is 15.8. The van der Waals surface area contributed by atoms with Crippen LogP contribution in [0.4, 0.5) is 0 Å². The van der Waals surface area contributed by atoms with E-state index in [4.69, 9.17) is 9.47 Å². The van der Waals surface area contributed by atoms with Gasteiger partial charge in [-0.15, -0.1) is 0 Å². The Labute approximate surface area is 194 Å². The predicted octanol–water partition coefficient (Wildman–Crippen LogP) is 2.55. The van der Waals surface area contributed by atoms with Gasteiger partial charge in [-0.3, -0.25) is 10.1 Å². The SMILES string of the molecule is CC(C)C1NC2(CCN(S(=O)(=O)c3ccccc3)CC2)N(Cc2ccc3c(c2)OCO3)C1=O. The van der Waals surface area contributed by atoms with Crippen molar-refractivity contribution < 1.29 is 22.7 Å². The topological polar surface area (TPSA) is 88.2 Å². The first-order valence-corrected chi connectivity index (χ1v) is 12.8. The van der Waals surface area contributed by atoms with E-state index in [1.165, 1.54) is 4.31 Å². The van der Waals surface area contributed by atoms with Crippen LogP contribution in [0.15, 0.2) is 53.4 Å². The molecule has 3 aliphatic heterocycles. The predicted molar refractivity (Wildman–Crippen MR) is 122 cm³/mol. The van der Waals surface area contributed by atoms with Crippen molar-refractivity contribution in [2.24, 2.45) is 5.92 Å². The zero-order valence-electron chi connectivity index (χ0n) is 18.9. The summed E-state index contributed by atoms with van der Waals surface area (Å²) in [5.74, 6) is 1.58. The van der Waals surface area contributed by atoms with Crippen molar-refractivity contribution in [1.82, 2.24) is 14.5 Å². The summed E-state index contributed by atoms with van der Waals surface area (Å²) in [5.41, 5.74) is 0.378. The number of hydrogen-bond acceptors (Lipinski definition) is 6. The molecule has 0 saturated carbocycles. The fourth-order valence-electron chi connectivity index (χ4n) is 4.96. The molecule has 2 aromatic carbocycles. The maximum Gasteiger partial charge on any atom is 0.243 e. The number of fused-ring (bicyclic) bond motifs is 1. The number of ether oxygens (including phenoxy) is 2. The van der Waals surface area contributed by atoms with E-state index in [0.717, 1.165) is 5.56 Å². The number of nitrogens with one attached hydrogen (secondary N) is 1. The van der Waals surface area contributed by atoms with E-state index >= 15 is 0 Å². The van der Waals surface area contributed by atoms with Crippen molar-refractivity contribution in [2.45, 2.75) is 49.8 Å². The number of rotatable bonds is 5. The highest BCUT2D eigenvalue weighted by atomic mass is 32.2. The molecule has 176 valence electrons. The third kappa shape index (κ3) is 3.88. The smallest absolute Gasteiger partial charge is 0.243 e. The van der Waals surface area contributed by atoms with Crippen LogP contribution in [0, 0.1) is 5.92 Å². The van der Waals surface area contributed by atoms with Gasteiger partial charge in [0.1, 0.15) is 0 Å². The van der Waals surface area contributed by atoms with E-state index in [0.29, 0.717) is 48.9 Å². The van der Waals surface area contributed by atoms with Gasteiger partial charge in [-0.1, -0.05) is 38.1 Å². The number of carbonyl (C=O) groups is 1. The van der Waals surface area contributed by atoms with E-state index in [2.05, 4.69) is 5.32 Å². The normalized spacial score (nSPS) is 22.5. The van der Waals surface area contributed by atoms with Crippen LogP contribution in [-0.2, 0) is 21.4 Å². The maximum atomic E-state index is 13.4. The van der Waals surface area contributed by atoms with E-state index in [1.54, 1.807) is 30.3 Å². The monoisotopic (exact) mass is 471 g/mol. The molecule has 1 atom stereocenters. The van der Waals surface area contributed by atoms with Crippen LogP contribution in [0.5, 0.6) is 11.5 Å². The Balaban J connectivity index is 1.39. The number of benzene rings is 2. The lowest BCUT2D eigenvalue weighted by Gasteiger charge is -2.44. The maximum absolute atomic E-state index is 13.4. The number of amides is 1. The number of piperidine rings is 1. The van der Waals surface area contributed by atoms with Gasteiger partial charge in [0.15, 0.2) is 11.5 Å². The molecule has 0 radical (unpaired) electrons. The molecule has 2 fully saturated rings. The van der Waals surface area contributed by atoms with Gasteiger partial charge in [-0.2, -0.15) is 4.31 Å². The fraction of sp³-hybridized carbons (Fsp3) is 0.458. The van der Waals surface area contributed by atoms with Crippen LogP contribution in [0.25, 0.3) is 0 Å². The molecular formula is C24H29N3O5S. The highest BCUT2D eigenvalue weighted by Crippen LogP contribution is 2.38. The van der Waals surface area contributed by atoms with Gasteiger partial charge in [0.25, 0.3) is 0 Å². The van der Waals surface area contributed by atoms with Gasteiger partial charge >= 0.3 is 0 Å². The number of nitrogens with zero attached hydrogens (tertiary/aromatic N) is 2. The Morgan fingerprint density at radius 3 is 2.45 bits per heavy atom. The van der Waals surface area contributed by atoms with Crippen molar-refractivity contribution in [2.75, 3.05) is 19.9 Å². The van der Waals surface area contributed by atoms with Crippen molar-refractivity contribution in [1.29, 1.82) is 0 Å². The molecule has 5 rings (SSSR count). The minimum atomic E-state index is -3.56. The minimum absolute atomic E-state index is 0.0574. The molecule has 0 bridgehead atoms. The van der Waals surface area contributed by atoms with Gasteiger partial charge in [-0.05, 0) is 48.6 Å². The van der Waals surface area contributed by atoms with Crippen LogP contribution >= 0.6 is 0 Å².